The van der Waals surface area contributed by atoms with Crippen LogP contribution in [0.3, 0.4) is 0 Å². The minimum atomic E-state index is -0.699. The van der Waals surface area contributed by atoms with Crippen LogP contribution in [0.2, 0.25) is 0 Å². The predicted octanol–water partition coefficient (Wildman–Crippen LogP) is 2.00. The van der Waals surface area contributed by atoms with E-state index in [9.17, 15) is 14.4 Å². The summed E-state index contributed by atoms with van der Waals surface area (Å²) in [7, 11) is 0. The van der Waals surface area contributed by atoms with Crippen molar-refractivity contribution in [1.29, 1.82) is 0 Å². The van der Waals surface area contributed by atoms with Gasteiger partial charge in [-0.15, -0.1) is 0 Å². The van der Waals surface area contributed by atoms with Crippen LogP contribution in [0.1, 0.15) is 19.8 Å². The summed E-state index contributed by atoms with van der Waals surface area (Å²) in [6.45, 7) is 2.40. The number of anilines is 1. The summed E-state index contributed by atoms with van der Waals surface area (Å²) in [4.78, 5) is 39.7. The zero-order valence-corrected chi connectivity index (χ0v) is 14.8. The van der Waals surface area contributed by atoms with Gasteiger partial charge in [-0.2, -0.15) is 0 Å². The third-order valence-corrected chi connectivity index (χ3v) is 3.95. The van der Waals surface area contributed by atoms with Crippen molar-refractivity contribution in [2.45, 2.75) is 32.1 Å². The van der Waals surface area contributed by atoms with E-state index < -0.39 is 24.3 Å². The Labute approximate surface area is 155 Å². The number of amides is 1. The molecule has 2 aliphatic rings. The molecule has 0 spiro atoms. The smallest absolute Gasteiger partial charge is 0.411 e. The Balaban J connectivity index is 1.57. The van der Waals surface area contributed by atoms with Gasteiger partial charge in [0.1, 0.15) is 11.9 Å². The van der Waals surface area contributed by atoms with Gasteiger partial charge < -0.3 is 19.0 Å². The van der Waals surface area contributed by atoms with Crippen molar-refractivity contribution in [3.05, 3.63) is 36.4 Å². The molecule has 1 saturated heterocycles. The van der Waals surface area contributed by atoms with Crippen LogP contribution >= 0.6 is 0 Å². The number of hydrogen-bond acceptors (Lipinski definition) is 8. The van der Waals surface area contributed by atoms with Crippen molar-refractivity contribution in [2.24, 2.45) is 0 Å². The largest absolute Gasteiger partial charge is 0.490 e. The number of benzene rings is 1. The number of hydrogen-bond donors (Lipinski definition) is 1. The average Bonchev–Trinajstić information content (AvgIpc) is 2.63. The number of piperidine rings is 1. The average molecular weight is 376 g/mol. The molecule has 0 radical (unpaired) electrons. The molecule has 0 bridgehead atoms. The lowest BCUT2D eigenvalue weighted by atomic mass is 10.1. The summed E-state index contributed by atoms with van der Waals surface area (Å²) >= 11 is 0. The molecule has 2 aliphatic heterocycles. The van der Waals surface area contributed by atoms with E-state index in [1.165, 1.54) is 5.06 Å². The Kier molecular flexibility index (Phi) is 5.92. The third kappa shape index (κ3) is 5.20. The molecule has 1 aromatic carbocycles. The molecule has 0 saturated carbocycles. The highest BCUT2D eigenvalue weighted by Crippen LogP contribution is 2.25. The normalized spacial score (nSPS) is 23.7. The van der Waals surface area contributed by atoms with Gasteiger partial charge in [-0.05, 0) is 31.2 Å². The molecule has 2 heterocycles. The summed E-state index contributed by atoms with van der Waals surface area (Å²) < 4.78 is 16.0. The highest BCUT2D eigenvalue weighted by atomic mass is 16.7. The van der Waals surface area contributed by atoms with Crippen molar-refractivity contribution in [3.63, 3.8) is 0 Å². The molecule has 1 aromatic rings. The first-order valence-electron chi connectivity index (χ1n) is 8.61. The van der Waals surface area contributed by atoms with E-state index in [0.29, 0.717) is 37.4 Å². The van der Waals surface area contributed by atoms with Gasteiger partial charge in [0.2, 0.25) is 0 Å². The molecule has 0 aliphatic carbocycles. The number of hydroxylamine groups is 2. The van der Waals surface area contributed by atoms with E-state index in [2.05, 4.69) is 5.32 Å². The van der Waals surface area contributed by atoms with Crippen molar-refractivity contribution >= 4 is 23.7 Å². The van der Waals surface area contributed by atoms with Gasteiger partial charge in [-0.25, -0.2) is 14.4 Å². The standard InChI is InChI=1S/C18H20N2O7/c1-2-24-18(23)19-12-3-5-13(6-4-12)25-14-9-10-20-15(11-14)26-16(21)7-8-17(22)27-20/h3-8,14-15H,2,9-11H2,1H3,(H,19,23)/b8-7+. The van der Waals surface area contributed by atoms with E-state index in [4.69, 9.17) is 19.0 Å². The monoisotopic (exact) mass is 376 g/mol. The fourth-order valence-electron chi connectivity index (χ4n) is 2.74. The summed E-state index contributed by atoms with van der Waals surface area (Å²) in [5, 5.41) is 3.95. The molecule has 2 atom stereocenters. The highest BCUT2D eigenvalue weighted by Gasteiger charge is 2.35. The molecule has 9 heteroatoms. The van der Waals surface area contributed by atoms with Gasteiger partial charge in [-0.3, -0.25) is 5.32 Å². The van der Waals surface area contributed by atoms with Crippen LogP contribution in [0.25, 0.3) is 0 Å². The van der Waals surface area contributed by atoms with Gasteiger partial charge in [0, 0.05) is 37.2 Å². The van der Waals surface area contributed by atoms with E-state index in [0.717, 1.165) is 12.2 Å². The predicted molar refractivity (Wildman–Crippen MR) is 92.6 cm³/mol. The van der Waals surface area contributed by atoms with Crippen LogP contribution < -0.4 is 10.1 Å². The number of nitrogens with zero attached hydrogens (tertiary/aromatic N) is 1. The number of nitrogens with one attached hydrogen (secondary N) is 1. The molecule has 3 rings (SSSR count). The van der Waals surface area contributed by atoms with Crippen LogP contribution in [0, 0.1) is 0 Å². The SMILES string of the molecule is CCOC(=O)Nc1ccc(OC2CCN3OC(=O)/C=C/C(=O)OC3C2)cc1. The maximum atomic E-state index is 11.6. The Hall–Kier alpha value is -3.07. The number of rotatable bonds is 4. The zero-order valence-electron chi connectivity index (χ0n) is 14.8. The van der Waals surface area contributed by atoms with E-state index in [1.807, 2.05) is 0 Å². The molecule has 2 unspecified atom stereocenters. The minimum Gasteiger partial charge on any atom is -0.490 e. The second-order valence-corrected chi connectivity index (χ2v) is 5.91. The van der Waals surface area contributed by atoms with Crippen LogP contribution in [0.15, 0.2) is 36.4 Å². The van der Waals surface area contributed by atoms with Crippen molar-refractivity contribution < 1.29 is 33.4 Å². The Morgan fingerprint density at radius 3 is 2.70 bits per heavy atom. The fourth-order valence-corrected chi connectivity index (χ4v) is 2.74. The molecule has 0 aromatic heterocycles. The number of esters is 1. The summed E-state index contributed by atoms with van der Waals surface area (Å²) in [6.07, 6.45) is 1.59. The van der Waals surface area contributed by atoms with Gasteiger partial charge in [0.05, 0.1) is 6.61 Å². The third-order valence-electron chi connectivity index (χ3n) is 3.95. The molecular weight excluding hydrogens is 356 g/mol. The Morgan fingerprint density at radius 1 is 1.22 bits per heavy atom. The maximum absolute atomic E-state index is 11.6. The number of ether oxygens (including phenoxy) is 3. The van der Waals surface area contributed by atoms with Gasteiger partial charge in [0.15, 0.2) is 6.23 Å². The minimum absolute atomic E-state index is 0.218. The van der Waals surface area contributed by atoms with Crippen LogP contribution in [-0.2, 0) is 23.9 Å². The number of carbonyl (C=O) groups excluding carboxylic acids is 3. The molecule has 1 amide bonds. The molecule has 9 nitrogen and oxygen atoms in total. The summed E-state index contributed by atoms with van der Waals surface area (Å²) in [6, 6.07) is 6.84. The van der Waals surface area contributed by atoms with Gasteiger partial charge in [0.25, 0.3) is 0 Å². The first kappa shape index (κ1) is 18.7. The number of fused-ring (bicyclic) bond motifs is 1. The number of carbonyl (C=O) groups is 3. The lowest BCUT2D eigenvalue weighted by molar-refractivity contribution is -0.253. The second kappa shape index (κ2) is 8.54. The van der Waals surface area contributed by atoms with Crippen LogP contribution in [0.4, 0.5) is 10.5 Å². The Morgan fingerprint density at radius 2 is 1.96 bits per heavy atom. The Bertz CT molecular complexity index is 732. The fraction of sp³-hybridized carbons (Fsp3) is 0.389. The second-order valence-electron chi connectivity index (χ2n) is 5.91. The van der Waals surface area contributed by atoms with Crippen molar-refractivity contribution in [2.75, 3.05) is 18.5 Å². The van der Waals surface area contributed by atoms with Crippen molar-refractivity contribution in [1.82, 2.24) is 5.06 Å². The quantitative estimate of drug-likeness (QED) is 0.796. The lowest BCUT2D eigenvalue weighted by Crippen LogP contribution is -2.49. The van der Waals surface area contributed by atoms with E-state index in [1.54, 1.807) is 31.2 Å². The molecule has 144 valence electrons. The molecule has 27 heavy (non-hydrogen) atoms. The zero-order chi connectivity index (χ0) is 19.2. The summed E-state index contributed by atoms with van der Waals surface area (Å²) in [5.74, 6) is -0.602. The van der Waals surface area contributed by atoms with Crippen LogP contribution in [-0.4, -0.2) is 48.6 Å². The van der Waals surface area contributed by atoms with Gasteiger partial charge in [-0.1, -0.05) is 5.06 Å². The molecule has 1 fully saturated rings. The molecule has 1 N–H and O–H groups in total. The maximum Gasteiger partial charge on any atom is 0.411 e. The molecular formula is C18H20N2O7. The lowest BCUT2D eigenvalue weighted by Gasteiger charge is -2.37. The first-order valence-corrected chi connectivity index (χ1v) is 8.61. The van der Waals surface area contributed by atoms with E-state index in [-0.39, 0.29) is 6.10 Å². The van der Waals surface area contributed by atoms with Crippen LogP contribution in [0.5, 0.6) is 5.75 Å². The van der Waals surface area contributed by atoms with E-state index >= 15 is 0 Å². The topological polar surface area (TPSA) is 103 Å². The summed E-state index contributed by atoms with van der Waals surface area (Å²) in [5.41, 5.74) is 0.586. The van der Waals surface area contributed by atoms with Crippen molar-refractivity contribution in [3.8, 4) is 5.75 Å². The highest BCUT2D eigenvalue weighted by molar-refractivity contribution is 5.92. The first-order chi connectivity index (χ1) is 13.0. The van der Waals surface area contributed by atoms with Gasteiger partial charge >= 0.3 is 18.0 Å².